The van der Waals surface area contributed by atoms with Gasteiger partial charge in [0.1, 0.15) is 17.8 Å². The van der Waals surface area contributed by atoms with E-state index in [1.807, 2.05) is 30.3 Å². The Labute approximate surface area is 201 Å². The van der Waals surface area contributed by atoms with Crippen LogP contribution in [0.15, 0.2) is 66.7 Å². The summed E-state index contributed by atoms with van der Waals surface area (Å²) in [6, 6.07) is 17.2. The van der Waals surface area contributed by atoms with Crippen molar-refractivity contribution in [3.05, 3.63) is 78.1 Å². The van der Waals surface area contributed by atoms with Crippen molar-refractivity contribution in [3.8, 4) is 17.2 Å². The fourth-order valence-electron chi connectivity index (χ4n) is 4.76. The minimum Gasteiger partial charge on any atom is -0.493 e. The molecule has 0 unspecified atom stereocenters. The van der Waals surface area contributed by atoms with Gasteiger partial charge in [0.25, 0.3) is 5.91 Å². The highest BCUT2D eigenvalue weighted by Gasteiger charge is 2.61. The smallest absolute Gasteiger partial charge is 0.266 e. The quantitative estimate of drug-likeness (QED) is 0.498. The van der Waals surface area contributed by atoms with Gasteiger partial charge in [0, 0.05) is 5.56 Å². The molecular weight excluding hydrogens is 455 g/mol. The topological polar surface area (TPSA) is 77.5 Å². The number of benzene rings is 3. The Morgan fingerprint density at radius 3 is 2.17 bits per heavy atom. The van der Waals surface area contributed by atoms with Crippen molar-refractivity contribution >= 4 is 23.2 Å². The molecule has 2 saturated heterocycles. The third kappa shape index (κ3) is 3.55. The average Bonchev–Trinajstić information content (AvgIpc) is 3.39. The summed E-state index contributed by atoms with van der Waals surface area (Å²) in [5.74, 6) is -1.37. The van der Waals surface area contributed by atoms with Gasteiger partial charge in [-0.15, -0.1) is 0 Å². The highest BCUT2D eigenvalue weighted by atomic mass is 19.1. The van der Waals surface area contributed by atoms with Crippen LogP contribution < -0.4 is 24.2 Å². The van der Waals surface area contributed by atoms with Gasteiger partial charge in [-0.05, 0) is 42.5 Å². The maximum absolute atomic E-state index is 13.9. The Hall–Kier alpha value is -4.11. The zero-order valence-corrected chi connectivity index (χ0v) is 19.3. The summed E-state index contributed by atoms with van der Waals surface area (Å²) >= 11 is 0. The number of amides is 2. The maximum atomic E-state index is 13.9. The molecule has 0 N–H and O–H groups in total. The molecule has 2 aliphatic heterocycles. The molecule has 0 radical (unpaired) electrons. The Morgan fingerprint density at radius 2 is 1.51 bits per heavy atom. The minimum absolute atomic E-state index is 0.155. The molecule has 3 aromatic carbocycles. The number of halogens is 1. The van der Waals surface area contributed by atoms with Gasteiger partial charge in [-0.2, -0.15) is 0 Å². The second-order valence-electron chi connectivity index (χ2n) is 8.07. The van der Waals surface area contributed by atoms with E-state index in [4.69, 9.17) is 19.0 Å². The second-order valence-corrected chi connectivity index (χ2v) is 8.07. The zero-order valence-electron chi connectivity index (χ0n) is 19.3. The van der Waals surface area contributed by atoms with Crippen molar-refractivity contribution in [2.75, 3.05) is 31.3 Å². The first-order valence-electron chi connectivity index (χ1n) is 10.9. The number of imide groups is 1. The van der Waals surface area contributed by atoms with Gasteiger partial charge in [0.15, 0.2) is 17.6 Å². The number of nitrogens with zero attached hydrogens (tertiary/aromatic N) is 2. The molecule has 3 atom stereocenters. The van der Waals surface area contributed by atoms with Crippen molar-refractivity contribution < 1.29 is 33.0 Å². The molecule has 0 aromatic heterocycles. The molecule has 0 bridgehead atoms. The van der Waals surface area contributed by atoms with E-state index < -0.39 is 35.7 Å². The Bertz CT molecular complexity index is 1280. The van der Waals surface area contributed by atoms with E-state index in [2.05, 4.69) is 0 Å². The lowest BCUT2D eigenvalue weighted by molar-refractivity contribution is -0.126. The number of para-hydroxylation sites is 1. The maximum Gasteiger partial charge on any atom is 0.266 e. The largest absolute Gasteiger partial charge is 0.493 e. The number of hydroxylamine groups is 1. The molecule has 5 rings (SSSR count). The number of carbonyl (C=O) groups is 2. The van der Waals surface area contributed by atoms with Crippen LogP contribution in [-0.4, -0.2) is 39.2 Å². The fourth-order valence-corrected chi connectivity index (χ4v) is 4.76. The summed E-state index contributed by atoms with van der Waals surface area (Å²) in [5.41, 5.74) is 1.38. The van der Waals surface area contributed by atoms with Crippen LogP contribution >= 0.6 is 0 Å². The summed E-state index contributed by atoms with van der Waals surface area (Å²) in [5, 5.41) is 1.55. The van der Waals surface area contributed by atoms with E-state index in [-0.39, 0.29) is 5.69 Å². The number of fused-ring (bicyclic) bond motifs is 1. The number of carbonyl (C=O) groups excluding carboxylic acids is 2. The van der Waals surface area contributed by atoms with Crippen molar-refractivity contribution in [3.63, 3.8) is 0 Å². The van der Waals surface area contributed by atoms with E-state index in [1.54, 1.807) is 17.2 Å². The standard InChI is InChI=1S/C26H23FN2O6/c1-32-19-13-12-18(22(33-2)23(19)34-3)21-20-24(35-29(21)16-9-5-4-6-10-16)26(31)28(25(20)30)17-11-7-8-15(27)14-17/h4-14,20-21,24H,1-3H3/t20-,21-,24-/m0/s1. The first-order valence-corrected chi connectivity index (χ1v) is 10.9. The third-order valence-corrected chi connectivity index (χ3v) is 6.25. The number of hydrogen-bond donors (Lipinski definition) is 0. The van der Waals surface area contributed by atoms with Crippen molar-refractivity contribution in [2.45, 2.75) is 12.1 Å². The summed E-state index contributed by atoms with van der Waals surface area (Å²) < 4.78 is 30.6. The molecule has 9 heteroatoms. The molecule has 2 heterocycles. The van der Waals surface area contributed by atoms with Gasteiger partial charge in [-0.1, -0.05) is 24.3 Å². The molecule has 0 spiro atoms. The minimum atomic E-state index is -1.10. The molecule has 2 amide bonds. The molecular formula is C26H23FN2O6. The third-order valence-electron chi connectivity index (χ3n) is 6.25. The van der Waals surface area contributed by atoms with E-state index in [9.17, 15) is 14.0 Å². The average molecular weight is 478 g/mol. The first kappa shape index (κ1) is 22.7. The summed E-state index contributed by atoms with van der Waals surface area (Å²) in [6.07, 6.45) is -1.10. The van der Waals surface area contributed by atoms with Crippen LogP contribution in [0.4, 0.5) is 15.8 Å². The predicted molar refractivity (Wildman–Crippen MR) is 125 cm³/mol. The molecule has 2 aliphatic rings. The molecule has 0 aliphatic carbocycles. The van der Waals surface area contributed by atoms with Gasteiger partial charge >= 0.3 is 0 Å². The highest BCUT2D eigenvalue weighted by molar-refractivity contribution is 6.24. The van der Waals surface area contributed by atoms with Gasteiger partial charge in [-0.25, -0.2) is 14.4 Å². The van der Waals surface area contributed by atoms with Gasteiger partial charge in [0.05, 0.1) is 32.7 Å². The van der Waals surface area contributed by atoms with Crippen LogP contribution in [0.5, 0.6) is 17.2 Å². The fraction of sp³-hybridized carbons (Fsp3) is 0.231. The van der Waals surface area contributed by atoms with E-state index >= 15 is 0 Å². The lowest BCUT2D eigenvalue weighted by Gasteiger charge is -2.30. The van der Waals surface area contributed by atoms with Gasteiger partial charge < -0.3 is 14.2 Å². The van der Waals surface area contributed by atoms with E-state index in [0.717, 1.165) is 11.0 Å². The van der Waals surface area contributed by atoms with E-state index in [1.165, 1.54) is 39.5 Å². The normalized spacial score (nSPS) is 21.3. The zero-order chi connectivity index (χ0) is 24.7. The second kappa shape index (κ2) is 8.92. The lowest BCUT2D eigenvalue weighted by Crippen LogP contribution is -2.37. The van der Waals surface area contributed by atoms with Crippen LogP contribution in [0.2, 0.25) is 0 Å². The number of anilines is 2. The number of methoxy groups -OCH3 is 3. The highest BCUT2D eigenvalue weighted by Crippen LogP contribution is 2.52. The van der Waals surface area contributed by atoms with Crippen LogP contribution in [0.1, 0.15) is 11.6 Å². The van der Waals surface area contributed by atoms with Crippen LogP contribution in [0.25, 0.3) is 0 Å². The number of ether oxygens (including phenoxy) is 3. The summed E-state index contributed by atoms with van der Waals surface area (Å²) in [4.78, 5) is 34.2. The Kier molecular flexibility index (Phi) is 5.78. The van der Waals surface area contributed by atoms with Gasteiger partial charge in [0.2, 0.25) is 11.7 Å². The Balaban J connectivity index is 1.66. The predicted octanol–water partition coefficient (Wildman–Crippen LogP) is 3.90. The van der Waals surface area contributed by atoms with Crippen molar-refractivity contribution in [1.82, 2.24) is 0 Å². The van der Waals surface area contributed by atoms with Crippen LogP contribution in [-0.2, 0) is 14.4 Å². The lowest BCUT2D eigenvalue weighted by atomic mass is 9.89. The van der Waals surface area contributed by atoms with Crippen molar-refractivity contribution in [2.24, 2.45) is 5.92 Å². The first-order chi connectivity index (χ1) is 17.0. The summed E-state index contributed by atoms with van der Waals surface area (Å²) in [6.45, 7) is 0. The van der Waals surface area contributed by atoms with Crippen LogP contribution in [0.3, 0.4) is 0 Å². The molecule has 3 aromatic rings. The molecule has 35 heavy (non-hydrogen) atoms. The molecule has 8 nitrogen and oxygen atoms in total. The summed E-state index contributed by atoms with van der Waals surface area (Å²) in [7, 11) is 4.49. The Morgan fingerprint density at radius 1 is 0.800 bits per heavy atom. The molecule has 0 saturated carbocycles. The van der Waals surface area contributed by atoms with E-state index in [0.29, 0.717) is 28.5 Å². The monoisotopic (exact) mass is 478 g/mol. The SMILES string of the molecule is COc1ccc([C@H]2[C@@H]3C(=O)N(c4cccc(F)c4)C(=O)[C@H]3ON2c2ccccc2)c(OC)c1OC. The van der Waals surface area contributed by atoms with Crippen molar-refractivity contribution in [1.29, 1.82) is 0 Å². The molecule has 2 fully saturated rings. The van der Waals surface area contributed by atoms with Gasteiger partial charge in [-0.3, -0.25) is 14.4 Å². The molecule has 180 valence electrons. The van der Waals surface area contributed by atoms with Crippen LogP contribution in [0, 0.1) is 11.7 Å². The number of rotatable bonds is 6. The number of hydrogen-bond acceptors (Lipinski definition) is 7.